The Labute approximate surface area is 178 Å². The Kier molecular flexibility index (Phi) is 5.26. The van der Waals surface area contributed by atoms with Crippen molar-refractivity contribution >= 4 is 27.3 Å². The number of carbonyl (C=O) groups excluding carboxylic acids is 1. The predicted molar refractivity (Wildman–Crippen MR) is 108 cm³/mol. The van der Waals surface area contributed by atoms with Gasteiger partial charge in [-0.25, -0.2) is 17.2 Å². The van der Waals surface area contributed by atoms with Crippen LogP contribution in [0.3, 0.4) is 0 Å². The molecule has 2 aromatic rings. The van der Waals surface area contributed by atoms with E-state index >= 15 is 0 Å². The van der Waals surface area contributed by atoms with Gasteiger partial charge in [-0.1, -0.05) is 23.7 Å². The fourth-order valence-corrected chi connectivity index (χ4v) is 6.84. The number of halogens is 3. The van der Waals surface area contributed by atoms with Crippen LogP contribution in [0.4, 0.5) is 8.78 Å². The molecule has 3 saturated carbocycles. The molecule has 30 heavy (non-hydrogen) atoms. The van der Waals surface area contributed by atoms with Crippen LogP contribution >= 0.6 is 11.6 Å². The first-order chi connectivity index (χ1) is 14.1. The SMILES string of the molecule is O=C(COc1ccc(Cl)c(F)c1)NC12CC(CS(=O)(=O)Cc3ccc(F)cc3)(C1)C2. The molecule has 5 nitrogen and oxygen atoms in total. The minimum absolute atomic E-state index is 0.0275. The zero-order chi connectivity index (χ0) is 21.6. The number of carbonyl (C=O) groups is 1. The molecule has 0 unspecified atom stereocenters. The van der Waals surface area contributed by atoms with E-state index in [0.29, 0.717) is 24.8 Å². The van der Waals surface area contributed by atoms with Gasteiger partial charge in [0.2, 0.25) is 0 Å². The molecule has 1 N–H and O–H groups in total. The smallest absolute Gasteiger partial charge is 0.258 e. The summed E-state index contributed by atoms with van der Waals surface area (Å²) in [5.74, 6) is -1.24. The molecule has 0 spiro atoms. The van der Waals surface area contributed by atoms with Gasteiger partial charge in [0, 0.05) is 11.6 Å². The zero-order valence-electron chi connectivity index (χ0n) is 16.0. The van der Waals surface area contributed by atoms with Gasteiger partial charge in [0.05, 0.1) is 16.5 Å². The highest BCUT2D eigenvalue weighted by molar-refractivity contribution is 7.90. The maximum absolute atomic E-state index is 13.4. The van der Waals surface area contributed by atoms with Crippen LogP contribution < -0.4 is 10.1 Å². The number of ether oxygens (including phenoxy) is 1. The second kappa shape index (κ2) is 7.50. The average Bonchev–Trinajstić information content (AvgIpc) is 2.61. The topological polar surface area (TPSA) is 72.5 Å². The molecule has 0 aromatic heterocycles. The molecule has 0 saturated heterocycles. The van der Waals surface area contributed by atoms with Gasteiger partial charge in [-0.2, -0.15) is 0 Å². The molecular weight excluding hydrogens is 436 g/mol. The van der Waals surface area contributed by atoms with Gasteiger partial charge in [0.25, 0.3) is 5.91 Å². The number of sulfone groups is 1. The van der Waals surface area contributed by atoms with Crippen molar-refractivity contribution in [3.8, 4) is 5.75 Å². The summed E-state index contributed by atoms with van der Waals surface area (Å²) in [4.78, 5) is 12.2. The summed E-state index contributed by atoms with van der Waals surface area (Å²) < 4.78 is 56.7. The lowest BCUT2D eigenvalue weighted by Crippen LogP contribution is -2.76. The van der Waals surface area contributed by atoms with Crippen LogP contribution in [0.1, 0.15) is 24.8 Å². The molecule has 1 amide bonds. The van der Waals surface area contributed by atoms with Gasteiger partial charge < -0.3 is 10.1 Å². The Morgan fingerprint density at radius 1 is 1.10 bits per heavy atom. The highest BCUT2D eigenvalue weighted by Crippen LogP contribution is 2.67. The minimum atomic E-state index is -3.34. The third kappa shape index (κ3) is 4.44. The van der Waals surface area contributed by atoms with Gasteiger partial charge in [-0.05, 0) is 54.5 Å². The maximum atomic E-state index is 13.4. The monoisotopic (exact) mass is 455 g/mol. The van der Waals surface area contributed by atoms with Crippen LogP contribution in [0.5, 0.6) is 5.75 Å². The van der Waals surface area contributed by atoms with E-state index in [9.17, 15) is 22.0 Å². The number of rotatable bonds is 8. The molecule has 9 heteroatoms. The third-order valence-electron chi connectivity index (χ3n) is 5.63. The van der Waals surface area contributed by atoms with Crippen molar-refractivity contribution in [2.75, 3.05) is 12.4 Å². The van der Waals surface area contributed by atoms with Crippen LogP contribution in [0.2, 0.25) is 5.02 Å². The first-order valence-corrected chi connectivity index (χ1v) is 11.6. The minimum Gasteiger partial charge on any atom is -0.484 e. The van der Waals surface area contributed by atoms with Gasteiger partial charge in [-0.3, -0.25) is 4.79 Å². The van der Waals surface area contributed by atoms with Crippen LogP contribution in [-0.4, -0.2) is 32.2 Å². The van der Waals surface area contributed by atoms with Crippen molar-refractivity contribution in [1.82, 2.24) is 5.32 Å². The summed E-state index contributed by atoms with van der Waals surface area (Å²) in [7, 11) is -3.34. The van der Waals surface area contributed by atoms with Crippen molar-refractivity contribution in [2.24, 2.45) is 5.41 Å². The van der Waals surface area contributed by atoms with Crippen LogP contribution in [0.15, 0.2) is 42.5 Å². The zero-order valence-corrected chi connectivity index (χ0v) is 17.5. The standard InChI is InChI=1S/C21H20ClF2NO4S/c22-17-6-5-16(7-18(17)24)29-8-19(26)25-21-10-20(11-21,12-21)13-30(27,28)9-14-1-3-15(23)4-2-14/h1-7H,8-13H2,(H,25,26). The van der Waals surface area contributed by atoms with E-state index in [0.717, 1.165) is 6.07 Å². The maximum Gasteiger partial charge on any atom is 0.258 e. The molecule has 3 aliphatic rings. The largest absolute Gasteiger partial charge is 0.484 e. The van der Waals surface area contributed by atoms with E-state index < -0.39 is 21.5 Å². The second-order valence-electron chi connectivity index (χ2n) is 8.38. The highest BCUT2D eigenvalue weighted by Gasteiger charge is 2.69. The predicted octanol–water partition coefficient (Wildman–Crippen LogP) is 3.65. The molecule has 3 aliphatic carbocycles. The summed E-state index contributed by atoms with van der Waals surface area (Å²) in [6.45, 7) is -0.265. The fourth-order valence-electron chi connectivity index (χ4n) is 4.68. The summed E-state index contributed by atoms with van der Waals surface area (Å²) >= 11 is 5.60. The average molecular weight is 456 g/mol. The molecule has 0 atom stereocenters. The van der Waals surface area contributed by atoms with Crippen molar-refractivity contribution in [1.29, 1.82) is 0 Å². The quantitative estimate of drug-likeness (QED) is 0.659. The molecule has 0 aliphatic heterocycles. The number of hydrogen-bond acceptors (Lipinski definition) is 4. The van der Waals surface area contributed by atoms with E-state index in [4.69, 9.17) is 16.3 Å². The Morgan fingerprint density at radius 3 is 2.40 bits per heavy atom. The van der Waals surface area contributed by atoms with Gasteiger partial charge >= 0.3 is 0 Å². The van der Waals surface area contributed by atoms with E-state index in [-0.39, 0.29) is 45.7 Å². The number of hydrogen-bond donors (Lipinski definition) is 1. The molecule has 5 rings (SSSR count). The van der Waals surface area contributed by atoms with Gasteiger partial charge in [0.15, 0.2) is 16.4 Å². The Balaban J connectivity index is 1.24. The van der Waals surface area contributed by atoms with Crippen molar-refractivity contribution in [3.05, 3.63) is 64.7 Å². The van der Waals surface area contributed by atoms with E-state index in [1.807, 2.05) is 0 Å². The lowest BCUT2D eigenvalue weighted by Gasteiger charge is -2.70. The third-order valence-corrected chi connectivity index (χ3v) is 7.76. The fraction of sp³-hybridized carbons (Fsp3) is 0.381. The molecule has 2 bridgehead atoms. The second-order valence-corrected chi connectivity index (χ2v) is 10.9. The molecular formula is C21H20ClF2NO4S. The number of benzene rings is 2. The summed E-state index contributed by atoms with van der Waals surface area (Å²) in [6, 6.07) is 9.37. The van der Waals surface area contributed by atoms with Crippen molar-refractivity contribution in [3.63, 3.8) is 0 Å². The van der Waals surface area contributed by atoms with Gasteiger partial charge in [-0.15, -0.1) is 0 Å². The number of amides is 1. The first-order valence-electron chi connectivity index (χ1n) is 9.42. The normalized spacial score (nSPS) is 24.5. The summed E-state index contributed by atoms with van der Waals surface area (Å²) in [5.41, 5.74) is -0.120. The molecule has 3 fully saturated rings. The van der Waals surface area contributed by atoms with E-state index in [1.54, 1.807) is 0 Å². The summed E-state index contributed by atoms with van der Waals surface area (Å²) in [5, 5.41) is 2.87. The first kappa shape index (κ1) is 21.1. The Bertz CT molecular complexity index is 1070. The van der Waals surface area contributed by atoms with Crippen molar-refractivity contribution in [2.45, 2.75) is 30.6 Å². The van der Waals surface area contributed by atoms with E-state index in [2.05, 4.69) is 5.32 Å². The van der Waals surface area contributed by atoms with Crippen molar-refractivity contribution < 1.29 is 26.7 Å². The Morgan fingerprint density at radius 2 is 1.77 bits per heavy atom. The van der Waals surface area contributed by atoms with Crippen LogP contribution in [0.25, 0.3) is 0 Å². The molecule has 160 valence electrons. The van der Waals surface area contributed by atoms with Gasteiger partial charge in [0.1, 0.15) is 17.4 Å². The lowest BCUT2D eigenvalue weighted by atomic mass is 9.40. The molecule has 0 heterocycles. The number of nitrogens with one attached hydrogen (secondary N) is 1. The Hall–Kier alpha value is -2.19. The molecule has 0 radical (unpaired) electrons. The molecule has 2 aromatic carbocycles. The van der Waals surface area contributed by atoms with Crippen LogP contribution in [0, 0.1) is 17.0 Å². The lowest BCUT2D eigenvalue weighted by molar-refractivity contribution is -0.156. The summed E-state index contributed by atoms with van der Waals surface area (Å²) in [6.07, 6.45) is 1.80. The highest BCUT2D eigenvalue weighted by atomic mass is 35.5. The van der Waals surface area contributed by atoms with Crippen LogP contribution in [-0.2, 0) is 20.4 Å². The van der Waals surface area contributed by atoms with E-state index in [1.165, 1.54) is 36.4 Å².